The first-order chi connectivity index (χ1) is 10.4. The second-order valence-corrected chi connectivity index (χ2v) is 4.65. The molecule has 0 aliphatic heterocycles. The lowest BCUT2D eigenvalue weighted by Gasteiger charge is -2.08. The van der Waals surface area contributed by atoms with Gasteiger partial charge in [-0.1, -0.05) is 18.2 Å². The van der Waals surface area contributed by atoms with Crippen LogP contribution in [0.4, 0.5) is 13.2 Å². The molecule has 3 aromatic rings. The topological polar surface area (TPSA) is 42.1 Å². The minimum absolute atomic E-state index is 0.268. The number of aromatic nitrogens is 1. The smallest absolute Gasteiger partial charge is 0.406 e. The number of ether oxygens (including phenoxy) is 1. The fraction of sp³-hybridized carbons (Fsp3) is 0.0625. The summed E-state index contributed by atoms with van der Waals surface area (Å²) in [5, 5.41) is 0.767. The summed E-state index contributed by atoms with van der Waals surface area (Å²) < 4.78 is 40.1. The molecule has 0 spiro atoms. The fourth-order valence-corrected chi connectivity index (χ4v) is 2.22. The molecule has 2 aromatic carbocycles. The van der Waals surface area contributed by atoms with E-state index >= 15 is 0 Å². The summed E-state index contributed by atoms with van der Waals surface area (Å²) in [5.41, 5.74) is 1.59. The Morgan fingerprint density at radius 3 is 2.36 bits per heavy atom. The molecule has 0 saturated carbocycles. The van der Waals surface area contributed by atoms with Crippen LogP contribution >= 0.6 is 0 Å². The third-order valence-electron chi connectivity index (χ3n) is 3.18. The van der Waals surface area contributed by atoms with Crippen molar-refractivity contribution in [2.75, 3.05) is 0 Å². The first kappa shape index (κ1) is 14.2. The molecular formula is C16H10F3NO2. The Kier molecular flexibility index (Phi) is 3.36. The van der Waals surface area contributed by atoms with E-state index in [1.54, 1.807) is 12.3 Å². The number of halogens is 3. The normalized spacial score (nSPS) is 11.6. The molecule has 0 aliphatic rings. The van der Waals surface area contributed by atoms with Gasteiger partial charge in [0, 0.05) is 28.2 Å². The summed E-state index contributed by atoms with van der Waals surface area (Å²) in [7, 11) is 0. The third-order valence-corrected chi connectivity index (χ3v) is 3.18. The summed E-state index contributed by atoms with van der Waals surface area (Å²) in [6.07, 6.45) is -3.16. The average Bonchev–Trinajstić information content (AvgIpc) is 2.89. The van der Waals surface area contributed by atoms with E-state index in [4.69, 9.17) is 0 Å². The summed E-state index contributed by atoms with van der Waals surface area (Å²) in [5.74, 6) is -0.626. The number of hydrogen-bond acceptors (Lipinski definition) is 2. The van der Waals surface area contributed by atoms with E-state index in [9.17, 15) is 18.0 Å². The lowest BCUT2D eigenvalue weighted by molar-refractivity contribution is -0.274. The second kappa shape index (κ2) is 5.22. The molecule has 0 atom stereocenters. The van der Waals surface area contributed by atoms with Crippen LogP contribution in [0.15, 0.2) is 54.7 Å². The molecule has 0 unspecified atom stereocenters. The minimum atomic E-state index is -4.75. The van der Waals surface area contributed by atoms with E-state index in [1.165, 1.54) is 12.1 Å². The first-order valence-corrected chi connectivity index (χ1v) is 6.41. The molecule has 1 N–H and O–H groups in total. The predicted octanol–water partition coefficient (Wildman–Crippen LogP) is 4.30. The van der Waals surface area contributed by atoms with Gasteiger partial charge in [-0.3, -0.25) is 4.79 Å². The maximum atomic E-state index is 12.4. The van der Waals surface area contributed by atoms with Gasteiger partial charge in [-0.15, -0.1) is 13.2 Å². The Hall–Kier alpha value is -2.76. The van der Waals surface area contributed by atoms with Crippen molar-refractivity contribution in [3.8, 4) is 5.75 Å². The van der Waals surface area contributed by atoms with Gasteiger partial charge < -0.3 is 9.72 Å². The molecule has 0 radical (unpaired) electrons. The largest absolute Gasteiger partial charge is 0.573 e. The van der Waals surface area contributed by atoms with E-state index in [2.05, 4.69) is 9.72 Å². The van der Waals surface area contributed by atoms with Crippen molar-refractivity contribution in [2.45, 2.75) is 6.36 Å². The molecular weight excluding hydrogens is 295 g/mol. The van der Waals surface area contributed by atoms with Crippen molar-refractivity contribution < 1.29 is 22.7 Å². The molecule has 1 heterocycles. The van der Waals surface area contributed by atoms with Crippen LogP contribution < -0.4 is 4.74 Å². The Morgan fingerprint density at radius 1 is 1.00 bits per heavy atom. The van der Waals surface area contributed by atoms with E-state index in [0.29, 0.717) is 11.1 Å². The van der Waals surface area contributed by atoms with Crippen LogP contribution in [0, 0.1) is 0 Å². The van der Waals surface area contributed by atoms with Crippen LogP contribution in [0.2, 0.25) is 0 Å². The molecule has 0 aliphatic carbocycles. The summed E-state index contributed by atoms with van der Waals surface area (Å²) in [6.45, 7) is 0. The number of carbonyl (C=O) groups excluding carboxylic acids is 1. The molecule has 0 saturated heterocycles. The molecule has 0 bridgehead atoms. The highest BCUT2D eigenvalue weighted by Crippen LogP contribution is 2.25. The number of ketones is 1. The lowest BCUT2D eigenvalue weighted by atomic mass is 10.0. The van der Waals surface area contributed by atoms with Crippen molar-refractivity contribution in [2.24, 2.45) is 0 Å². The minimum Gasteiger partial charge on any atom is -0.406 e. The number of H-pyrrole nitrogens is 1. The monoisotopic (exact) mass is 305 g/mol. The van der Waals surface area contributed by atoms with Gasteiger partial charge in [-0.05, 0) is 30.3 Å². The van der Waals surface area contributed by atoms with E-state index in [0.717, 1.165) is 23.0 Å². The molecule has 3 rings (SSSR count). The third kappa shape index (κ3) is 2.81. The Morgan fingerprint density at radius 2 is 1.68 bits per heavy atom. The quantitative estimate of drug-likeness (QED) is 0.733. The van der Waals surface area contributed by atoms with Crippen LogP contribution in [-0.2, 0) is 0 Å². The van der Waals surface area contributed by atoms with Gasteiger partial charge in [-0.25, -0.2) is 0 Å². The van der Waals surface area contributed by atoms with Crippen molar-refractivity contribution in [3.63, 3.8) is 0 Å². The summed E-state index contributed by atoms with van der Waals surface area (Å²) in [4.78, 5) is 15.4. The van der Waals surface area contributed by atoms with E-state index < -0.39 is 6.36 Å². The van der Waals surface area contributed by atoms with Gasteiger partial charge in [0.1, 0.15) is 5.75 Å². The van der Waals surface area contributed by atoms with Crippen LogP contribution in [0.1, 0.15) is 15.9 Å². The predicted molar refractivity (Wildman–Crippen MR) is 74.9 cm³/mol. The SMILES string of the molecule is O=C(c1ccc(OC(F)(F)F)cc1)c1c[nH]c2ccccc12. The fourth-order valence-electron chi connectivity index (χ4n) is 2.22. The molecule has 0 amide bonds. The number of nitrogens with one attached hydrogen (secondary N) is 1. The van der Waals surface area contributed by atoms with Crippen LogP contribution in [0.25, 0.3) is 10.9 Å². The summed E-state index contributed by atoms with van der Waals surface area (Å²) >= 11 is 0. The van der Waals surface area contributed by atoms with Gasteiger partial charge in [-0.2, -0.15) is 0 Å². The number of carbonyl (C=O) groups is 1. The lowest BCUT2D eigenvalue weighted by Crippen LogP contribution is -2.17. The van der Waals surface area contributed by atoms with Gasteiger partial charge in [0.05, 0.1) is 0 Å². The Bertz CT molecular complexity index is 819. The number of hydrogen-bond donors (Lipinski definition) is 1. The summed E-state index contributed by atoms with van der Waals surface area (Å²) in [6, 6.07) is 12.2. The number of para-hydroxylation sites is 1. The van der Waals surface area contributed by atoms with Crippen molar-refractivity contribution in [1.82, 2.24) is 4.98 Å². The number of benzene rings is 2. The van der Waals surface area contributed by atoms with Gasteiger partial charge in [0.25, 0.3) is 0 Å². The van der Waals surface area contributed by atoms with E-state index in [-0.39, 0.29) is 11.5 Å². The van der Waals surface area contributed by atoms with Crippen molar-refractivity contribution in [1.29, 1.82) is 0 Å². The molecule has 0 fully saturated rings. The van der Waals surface area contributed by atoms with Gasteiger partial charge in [0.15, 0.2) is 5.78 Å². The number of alkyl halides is 3. The highest BCUT2D eigenvalue weighted by molar-refractivity contribution is 6.16. The number of aromatic amines is 1. The molecule has 6 heteroatoms. The first-order valence-electron chi connectivity index (χ1n) is 6.41. The highest BCUT2D eigenvalue weighted by atomic mass is 19.4. The second-order valence-electron chi connectivity index (χ2n) is 4.65. The average molecular weight is 305 g/mol. The maximum absolute atomic E-state index is 12.4. The number of fused-ring (bicyclic) bond motifs is 1. The molecule has 3 nitrogen and oxygen atoms in total. The highest BCUT2D eigenvalue weighted by Gasteiger charge is 2.31. The van der Waals surface area contributed by atoms with Crippen molar-refractivity contribution in [3.05, 3.63) is 65.9 Å². The molecule has 112 valence electrons. The van der Waals surface area contributed by atoms with Gasteiger partial charge >= 0.3 is 6.36 Å². The zero-order valence-electron chi connectivity index (χ0n) is 11.1. The van der Waals surface area contributed by atoms with Crippen LogP contribution in [0.5, 0.6) is 5.75 Å². The zero-order chi connectivity index (χ0) is 15.7. The Labute approximate surface area is 123 Å². The van der Waals surface area contributed by atoms with Crippen molar-refractivity contribution >= 4 is 16.7 Å². The van der Waals surface area contributed by atoms with Crippen LogP contribution in [-0.4, -0.2) is 17.1 Å². The standard InChI is InChI=1S/C16H10F3NO2/c17-16(18,19)22-11-7-5-10(6-8-11)15(21)13-9-20-14-4-2-1-3-12(13)14/h1-9,20H. The zero-order valence-corrected chi connectivity index (χ0v) is 11.1. The number of rotatable bonds is 3. The Balaban J connectivity index is 1.89. The van der Waals surface area contributed by atoms with E-state index in [1.807, 2.05) is 18.2 Å². The molecule has 1 aromatic heterocycles. The maximum Gasteiger partial charge on any atom is 0.573 e. The van der Waals surface area contributed by atoms with Gasteiger partial charge in [0.2, 0.25) is 0 Å². The van der Waals surface area contributed by atoms with Crippen LogP contribution in [0.3, 0.4) is 0 Å². The molecule has 22 heavy (non-hydrogen) atoms.